The Hall–Kier alpha value is -1.10. The summed E-state index contributed by atoms with van der Waals surface area (Å²) in [5.41, 5.74) is 0. The molecular weight excluding hydrogens is 174 g/mol. The first-order valence-corrected chi connectivity index (χ1v) is 4.14. The number of esters is 1. The number of carbonyl (C=O) groups is 2. The molecular formula is C8H15NO4. The fraction of sp³-hybridized carbons (Fsp3) is 0.750. The average molecular weight is 189 g/mol. The third kappa shape index (κ3) is 4.47. The Morgan fingerprint density at radius 2 is 2.00 bits per heavy atom. The van der Waals surface area contributed by atoms with Crippen molar-refractivity contribution in [1.29, 1.82) is 0 Å². The number of aliphatic hydroxyl groups excluding tert-OH is 1. The smallest absolute Gasteiger partial charge is 0.396 e. The first kappa shape index (κ1) is 11.9. The van der Waals surface area contributed by atoms with Crippen molar-refractivity contribution < 1.29 is 19.4 Å². The molecule has 1 amide bonds. The fourth-order valence-corrected chi connectivity index (χ4v) is 0.557. The van der Waals surface area contributed by atoms with Gasteiger partial charge in [-0.1, -0.05) is 13.8 Å². The van der Waals surface area contributed by atoms with Gasteiger partial charge in [-0.3, -0.25) is 4.79 Å². The Kier molecular flexibility index (Phi) is 5.06. The molecule has 0 fully saturated rings. The Morgan fingerprint density at radius 1 is 1.46 bits per heavy atom. The summed E-state index contributed by atoms with van der Waals surface area (Å²) >= 11 is 0. The summed E-state index contributed by atoms with van der Waals surface area (Å²) in [6, 6.07) is 0. The molecule has 0 aromatic heterocycles. The van der Waals surface area contributed by atoms with Gasteiger partial charge in [-0.15, -0.1) is 0 Å². The lowest BCUT2D eigenvalue weighted by molar-refractivity contribution is -0.156. The molecule has 0 aliphatic carbocycles. The molecule has 2 N–H and O–H groups in total. The minimum Gasteiger partial charge on any atom is -0.459 e. The van der Waals surface area contributed by atoms with Gasteiger partial charge in [0.05, 0.1) is 6.61 Å². The standard InChI is InChI=1S/C8H15NO4/c1-4-13-8(12)7(11)9-6(10)5(2)3/h5-6,10H,4H2,1-3H3,(H,9,11). The van der Waals surface area contributed by atoms with Gasteiger partial charge >= 0.3 is 11.9 Å². The van der Waals surface area contributed by atoms with Crippen LogP contribution in [-0.4, -0.2) is 29.8 Å². The van der Waals surface area contributed by atoms with Gasteiger partial charge in [0.15, 0.2) is 0 Å². The van der Waals surface area contributed by atoms with Crippen LogP contribution < -0.4 is 5.32 Å². The molecule has 5 heteroatoms. The molecule has 0 heterocycles. The predicted octanol–water partition coefficient (Wildman–Crippen LogP) is -0.360. The van der Waals surface area contributed by atoms with Crippen LogP contribution in [0.1, 0.15) is 20.8 Å². The number of hydrogen-bond acceptors (Lipinski definition) is 4. The van der Waals surface area contributed by atoms with Crippen molar-refractivity contribution in [2.75, 3.05) is 6.61 Å². The van der Waals surface area contributed by atoms with Crippen molar-refractivity contribution in [2.45, 2.75) is 27.0 Å². The summed E-state index contributed by atoms with van der Waals surface area (Å²) in [6.07, 6.45) is -1.02. The molecule has 0 radical (unpaired) electrons. The van der Waals surface area contributed by atoms with Crippen molar-refractivity contribution in [3.8, 4) is 0 Å². The Labute approximate surface area is 77.1 Å². The molecule has 5 nitrogen and oxygen atoms in total. The molecule has 0 aliphatic heterocycles. The first-order chi connectivity index (χ1) is 5.99. The van der Waals surface area contributed by atoms with Gasteiger partial charge in [-0.25, -0.2) is 4.79 Å². The van der Waals surface area contributed by atoms with Gasteiger partial charge in [0.1, 0.15) is 6.23 Å². The number of amides is 1. The van der Waals surface area contributed by atoms with E-state index in [1.54, 1.807) is 20.8 Å². The molecule has 0 aliphatic rings. The van der Waals surface area contributed by atoms with Crippen LogP contribution in [0.3, 0.4) is 0 Å². The van der Waals surface area contributed by atoms with E-state index >= 15 is 0 Å². The highest BCUT2D eigenvalue weighted by atomic mass is 16.5. The van der Waals surface area contributed by atoms with Crippen LogP contribution in [0.5, 0.6) is 0 Å². The van der Waals surface area contributed by atoms with Gasteiger partial charge in [0.25, 0.3) is 0 Å². The molecule has 1 atom stereocenters. The first-order valence-electron chi connectivity index (χ1n) is 4.14. The quantitative estimate of drug-likeness (QED) is 0.361. The largest absolute Gasteiger partial charge is 0.459 e. The fourth-order valence-electron chi connectivity index (χ4n) is 0.557. The number of aliphatic hydroxyl groups is 1. The van der Waals surface area contributed by atoms with Crippen LogP contribution in [0.15, 0.2) is 0 Å². The number of ether oxygens (including phenoxy) is 1. The maximum absolute atomic E-state index is 10.9. The van der Waals surface area contributed by atoms with Crippen LogP contribution >= 0.6 is 0 Å². The molecule has 0 aromatic rings. The number of carbonyl (C=O) groups excluding carboxylic acids is 2. The second-order valence-electron chi connectivity index (χ2n) is 2.88. The van der Waals surface area contributed by atoms with Crippen molar-refractivity contribution in [3.05, 3.63) is 0 Å². The second-order valence-corrected chi connectivity index (χ2v) is 2.88. The van der Waals surface area contributed by atoms with E-state index in [9.17, 15) is 14.7 Å². The third-order valence-electron chi connectivity index (χ3n) is 1.37. The molecule has 0 rings (SSSR count). The zero-order chi connectivity index (χ0) is 10.4. The zero-order valence-corrected chi connectivity index (χ0v) is 8.03. The van der Waals surface area contributed by atoms with E-state index in [0.717, 1.165) is 0 Å². The number of nitrogens with one attached hydrogen (secondary N) is 1. The molecule has 13 heavy (non-hydrogen) atoms. The van der Waals surface area contributed by atoms with E-state index in [0.29, 0.717) is 0 Å². The molecule has 0 saturated heterocycles. The van der Waals surface area contributed by atoms with Crippen LogP contribution in [0.4, 0.5) is 0 Å². The highest BCUT2D eigenvalue weighted by molar-refractivity contribution is 6.32. The summed E-state index contributed by atoms with van der Waals surface area (Å²) in [7, 11) is 0. The van der Waals surface area contributed by atoms with Gasteiger partial charge in [-0.05, 0) is 12.8 Å². The van der Waals surface area contributed by atoms with Crippen LogP contribution in [0.25, 0.3) is 0 Å². The van der Waals surface area contributed by atoms with E-state index < -0.39 is 18.1 Å². The Bertz CT molecular complexity index is 191. The van der Waals surface area contributed by atoms with Gasteiger partial charge in [0.2, 0.25) is 0 Å². The van der Waals surface area contributed by atoms with E-state index in [-0.39, 0.29) is 12.5 Å². The van der Waals surface area contributed by atoms with Gasteiger partial charge < -0.3 is 15.2 Å². The maximum atomic E-state index is 10.9. The van der Waals surface area contributed by atoms with E-state index in [2.05, 4.69) is 10.1 Å². The third-order valence-corrected chi connectivity index (χ3v) is 1.37. The van der Waals surface area contributed by atoms with Crippen molar-refractivity contribution in [3.63, 3.8) is 0 Å². The minimum atomic E-state index is -1.02. The van der Waals surface area contributed by atoms with Crippen molar-refractivity contribution >= 4 is 11.9 Å². The summed E-state index contributed by atoms with van der Waals surface area (Å²) in [5, 5.41) is 11.3. The summed E-state index contributed by atoms with van der Waals surface area (Å²) < 4.78 is 4.42. The zero-order valence-electron chi connectivity index (χ0n) is 8.03. The van der Waals surface area contributed by atoms with E-state index in [1.807, 2.05) is 0 Å². The van der Waals surface area contributed by atoms with Gasteiger partial charge in [-0.2, -0.15) is 0 Å². The molecule has 1 unspecified atom stereocenters. The van der Waals surface area contributed by atoms with Crippen LogP contribution in [-0.2, 0) is 14.3 Å². The maximum Gasteiger partial charge on any atom is 0.396 e. The predicted molar refractivity (Wildman–Crippen MR) is 45.6 cm³/mol. The highest BCUT2D eigenvalue weighted by Crippen LogP contribution is 1.96. The summed E-state index contributed by atoms with van der Waals surface area (Å²) in [4.78, 5) is 21.7. The molecule has 0 saturated carbocycles. The van der Waals surface area contributed by atoms with E-state index in [1.165, 1.54) is 0 Å². The highest BCUT2D eigenvalue weighted by Gasteiger charge is 2.19. The normalized spacial score (nSPS) is 12.4. The van der Waals surface area contributed by atoms with Crippen molar-refractivity contribution in [1.82, 2.24) is 5.32 Å². The Morgan fingerprint density at radius 3 is 2.38 bits per heavy atom. The lowest BCUT2D eigenvalue weighted by Crippen LogP contribution is -2.42. The molecule has 0 aromatic carbocycles. The molecule has 76 valence electrons. The lowest BCUT2D eigenvalue weighted by atomic mass is 10.2. The van der Waals surface area contributed by atoms with Crippen molar-refractivity contribution in [2.24, 2.45) is 5.92 Å². The SMILES string of the molecule is CCOC(=O)C(=O)NC(O)C(C)C. The number of rotatable bonds is 3. The summed E-state index contributed by atoms with van der Waals surface area (Å²) in [6.45, 7) is 5.18. The summed E-state index contributed by atoms with van der Waals surface area (Å²) in [5.74, 6) is -2.02. The number of hydrogen-bond donors (Lipinski definition) is 2. The monoisotopic (exact) mass is 189 g/mol. The minimum absolute atomic E-state index is 0.140. The molecule has 0 spiro atoms. The molecule has 0 bridgehead atoms. The van der Waals surface area contributed by atoms with E-state index in [4.69, 9.17) is 0 Å². The Balaban J connectivity index is 3.93. The van der Waals surface area contributed by atoms with Gasteiger partial charge in [0, 0.05) is 0 Å². The second kappa shape index (κ2) is 5.53. The van der Waals surface area contributed by atoms with Crippen LogP contribution in [0, 0.1) is 5.92 Å². The topological polar surface area (TPSA) is 75.6 Å². The van der Waals surface area contributed by atoms with Crippen LogP contribution in [0.2, 0.25) is 0 Å². The average Bonchev–Trinajstić information content (AvgIpc) is 2.04. The lowest BCUT2D eigenvalue weighted by Gasteiger charge is -2.14.